The molecule has 164 valence electrons. The van der Waals surface area contributed by atoms with Gasteiger partial charge in [-0.1, -0.05) is 38.1 Å². The van der Waals surface area contributed by atoms with Crippen LogP contribution in [0.3, 0.4) is 0 Å². The topological polar surface area (TPSA) is 115 Å². The lowest BCUT2D eigenvalue weighted by Gasteiger charge is -2.27. The van der Waals surface area contributed by atoms with Crippen LogP contribution in [0.15, 0.2) is 69.6 Å². The maximum absolute atomic E-state index is 12.2. The summed E-state index contributed by atoms with van der Waals surface area (Å²) in [7, 11) is 1.61. The monoisotopic (exact) mass is 423 g/mol. The fourth-order valence-electron chi connectivity index (χ4n) is 3.53. The van der Waals surface area contributed by atoms with Crippen molar-refractivity contribution in [3.8, 4) is 16.9 Å². The Balaban J connectivity index is 1.92. The fraction of sp³-hybridized carbons (Fsp3) is 0.292. The molecule has 5 N–H and O–H groups in total. The average molecular weight is 424 g/mol. The Morgan fingerprint density at radius 3 is 2.45 bits per heavy atom. The van der Waals surface area contributed by atoms with Gasteiger partial charge in [0.1, 0.15) is 16.9 Å². The number of fused-ring (bicyclic) bond motifs is 1. The summed E-state index contributed by atoms with van der Waals surface area (Å²) in [6.07, 6.45) is 2.53. The molecule has 0 unspecified atom stereocenters. The zero-order valence-corrected chi connectivity index (χ0v) is 18.1. The molecule has 0 atom stereocenters. The lowest BCUT2D eigenvalue weighted by molar-refractivity contribution is 0.0663. The minimum Gasteiger partial charge on any atom is -0.497 e. The van der Waals surface area contributed by atoms with Crippen molar-refractivity contribution >= 4 is 11.0 Å². The summed E-state index contributed by atoms with van der Waals surface area (Å²) in [6.45, 7) is 4.07. The first kappa shape index (κ1) is 22.4. The molecule has 0 saturated heterocycles. The van der Waals surface area contributed by atoms with E-state index in [1.807, 2.05) is 50.2 Å². The maximum atomic E-state index is 12.2. The zero-order chi connectivity index (χ0) is 22.6. The molecule has 1 heterocycles. The van der Waals surface area contributed by atoms with Gasteiger partial charge in [0.2, 0.25) is 0 Å². The zero-order valence-electron chi connectivity index (χ0n) is 18.1. The van der Waals surface area contributed by atoms with Crippen molar-refractivity contribution in [3.05, 3.63) is 76.4 Å². The number of hydrogen-bond acceptors (Lipinski definition) is 7. The Morgan fingerprint density at radius 2 is 1.84 bits per heavy atom. The Labute approximate surface area is 181 Å². The number of ether oxygens (including phenoxy) is 1. The van der Waals surface area contributed by atoms with E-state index in [1.54, 1.807) is 19.4 Å². The summed E-state index contributed by atoms with van der Waals surface area (Å²) in [5.74, 6) is 6.84. The quantitative estimate of drug-likeness (QED) is 0.289. The highest BCUT2D eigenvalue weighted by Crippen LogP contribution is 2.29. The molecule has 31 heavy (non-hydrogen) atoms. The molecule has 0 amide bonds. The molecule has 2 aromatic carbocycles. The van der Waals surface area contributed by atoms with Gasteiger partial charge in [0.15, 0.2) is 0 Å². The summed E-state index contributed by atoms with van der Waals surface area (Å²) >= 11 is 0. The second-order valence-corrected chi connectivity index (χ2v) is 7.53. The van der Waals surface area contributed by atoms with Crippen LogP contribution in [0.25, 0.3) is 22.1 Å². The Morgan fingerprint density at radius 1 is 1.16 bits per heavy atom. The standard InChI is InChI=1S/C24H29N3O4/c1-4-24(29,5-2)22(25)15-27(26)14-16-6-11-19-20(13-23(28)31-21(19)12-16)17-7-9-18(30-3)10-8-17/h6-13,15,29H,4-5,14,25-26H2,1-3H3/b22-15-. The number of rotatable bonds is 8. The molecule has 0 bridgehead atoms. The maximum Gasteiger partial charge on any atom is 0.336 e. The first-order valence-corrected chi connectivity index (χ1v) is 10.2. The molecule has 7 heteroatoms. The lowest BCUT2D eigenvalue weighted by atomic mass is 9.94. The third-order valence-electron chi connectivity index (χ3n) is 5.59. The molecular formula is C24H29N3O4. The Kier molecular flexibility index (Phi) is 6.68. The normalized spacial score (nSPS) is 12.2. The van der Waals surface area contributed by atoms with Gasteiger partial charge in [0.25, 0.3) is 0 Å². The van der Waals surface area contributed by atoms with Crippen LogP contribution in [-0.2, 0) is 6.54 Å². The van der Waals surface area contributed by atoms with Crippen LogP contribution < -0.4 is 21.9 Å². The van der Waals surface area contributed by atoms with Crippen LogP contribution in [0.4, 0.5) is 0 Å². The molecule has 3 rings (SSSR count). The number of methoxy groups -OCH3 is 1. The van der Waals surface area contributed by atoms with Gasteiger partial charge >= 0.3 is 5.63 Å². The molecule has 7 nitrogen and oxygen atoms in total. The SMILES string of the molecule is CCC(O)(CC)/C(N)=C/N(N)Cc1ccc2c(-c3ccc(OC)cc3)cc(=O)oc2c1. The van der Waals surface area contributed by atoms with Crippen molar-refractivity contribution in [3.63, 3.8) is 0 Å². The second kappa shape index (κ2) is 9.24. The van der Waals surface area contributed by atoms with Gasteiger partial charge in [-0.25, -0.2) is 10.6 Å². The molecular weight excluding hydrogens is 394 g/mol. The van der Waals surface area contributed by atoms with Crippen molar-refractivity contribution in [1.82, 2.24) is 5.01 Å². The number of hydrogen-bond donors (Lipinski definition) is 3. The first-order valence-electron chi connectivity index (χ1n) is 10.2. The van der Waals surface area contributed by atoms with Gasteiger partial charge in [-0.2, -0.15) is 0 Å². The van der Waals surface area contributed by atoms with Crippen LogP contribution in [0.5, 0.6) is 5.75 Å². The van der Waals surface area contributed by atoms with Crippen molar-refractivity contribution in [2.45, 2.75) is 38.8 Å². The predicted octanol–water partition coefficient (Wildman–Crippen LogP) is 3.50. The molecule has 0 aliphatic carbocycles. The minimum atomic E-state index is -1.08. The van der Waals surface area contributed by atoms with E-state index < -0.39 is 11.2 Å². The third-order valence-corrected chi connectivity index (χ3v) is 5.59. The van der Waals surface area contributed by atoms with Crippen LogP contribution in [-0.4, -0.2) is 22.8 Å². The van der Waals surface area contributed by atoms with E-state index >= 15 is 0 Å². The Bertz CT molecular complexity index is 1130. The van der Waals surface area contributed by atoms with E-state index in [-0.39, 0.29) is 0 Å². The number of nitrogens with zero attached hydrogens (tertiary/aromatic N) is 1. The highest BCUT2D eigenvalue weighted by molar-refractivity contribution is 5.93. The van der Waals surface area contributed by atoms with Crippen molar-refractivity contribution in [2.24, 2.45) is 11.6 Å². The number of hydrazine groups is 1. The summed E-state index contributed by atoms with van der Waals surface area (Å²) in [6, 6.07) is 14.6. The van der Waals surface area contributed by atoms with E-state index in [2.05, 4.69) is 0 Å². The van der Waals surface area contributed by atoms with Gasteiger partial charge in [0, 0.05) is 17.7 Å². The predicted molar refractivity (Wildman–Crippen MR) is 122 cm³/mol. The largest absolute Gasteiger partial charge is 0.497 e. The highest BCUT2D eigenvalue weighted by atomic mass is 16.5. The number of nitrogens with two attached hydrogens (primary N) is 2. The van der Waals surface area contributed by atoms with Gasteiger partial charge < -0.3 is 25.0 Å². The number of aliphatic hydroxyl groups is 1. The van der Waals surface area contributed by atoms with Crippen LogP contribution in [0, 0.1) is 0 Å². The van der Waals surface area contributed by atoms with E-state index in [0.717, 1.165) is 27.8 Å². The minimum absolute atomic E-state index is 0.314. The van der Waals surface area contributed by atoms with Crippen molar-refractivity contribution < 1.29 is 14.3 Å². The van der Waals surface area contributed by atoms with Crippen molar-refractivity contribution in [1.29, 1.82) is 0 Å². The van der Waals surface area contributed by atoms with Crippen LogP contribution in [0.2, 0.25) is 0 Å². The molecule has 0 saturated carbocycles. The van der Waals surface area contributed by atoms with Gasteiger partial charge in [-0.3, -0.25) is 0 Å². The Hall–Kier alpha value is -3.29. The van der Waals surface area contributed by atoms with E-state index in [9.17, 15) is 9.90 Å². The van der Waals surface area contributed by atoms with E-state index in [1.165, 1.54) is 11.1 Å². The number of benzene rings is 2. The smallest absolute Gasteiger partial charge is 0.336 e. The average Bonchev–Trinajstić information content (AvgIpc) is 2.77. The van der Waals surface area contributed by atoms with Gasteiger partial charge in [-0.05, 0) is 47.7 Å². The molecule has 0 aliphatic heterocycles. The summed E-state index contributed by atoms with van der Waals surface area (Å²) in [5.41, 5.74) is 7.85. The summed E-state index contributed by atoms with van der Waals surface area (Å²) in [5, 5.41) is 12.8. The van der Waals surface area contributed by atoms with Crippen molar-refractivity contribution in [2.75, 3.05) is 7.11 Å². The molecule has 0 fully saturated rings. The van der Waals surface area contributed by atoms with E-state index in [4.69, 9.17) is 20.7 Å². The summed E-state index contributed by atoms with van der Waals surface area (Å²) in [4.78, 5) is 12.2. The summed E-state index contributed by atoms with van der Waals surface area (Å²) < 4.78 is 10.6. The molecule has 3 aromatic rings. The molecule has 0 spiro atoms. The van der Waals surface area contributed by atoms with Crippen LogP contribution in [0.1, 0.15) is 32.3 Å². The molecule has 0 aliphatic rings. The third kappa shape index (κ3) is 4.90. The molecule has 0 radical (unpaired) electrons. The fourth-order valence-corrected chi connectivity index (χ4v) is 3.53. The van der Waals surface area contributed by atoms with E-state index in [0.29, 0.717) is 30.7 Å². The van der Waals surface area contributed by atoms with Crippen LogP contribution >= 0.6 is 0 Å². The molecule has 1 aromatic heterocycles. The van der Waals surface area contributed by atoms with Gasteiger partial charge in [-0.15, -0.1) is 0 Å². The first-order chi connectivity index (χ1) is 14.8. The highest BCUT2D eigenvalue weighted by Gasteiger charge is 2.25. The second-order valence-electron chi connectivity index (χ2n) is 7.53. The lowest BCUT2D eigenvalue weighted by Crippen LogP contribution is -2.37. The van der Waals surface area contributed by atoms with Gasteiger partial charge in [0.05, 0.1) is 19.4 Å².